The minimum absolute atomic E-state index is 0.00580. The third kappa shape index (κ3) is 3.31. The Bertz CT molecular complexity index is 641. The first-order chi connectivity index (χ1) is 8.97. The molecule has 0 bridgehead atoms. The standard InChI is InChI=1S/C14H8Cl2F2O/c15-10-3-1-8(5-12(10)17)6-14(19)9-2-4-11(16)13(18)7-9/h1-5,7H,6H2. The molecule has 19 heavy (non-hydrogen) atoms. The maximum atomic E-state index is 13.2. The smallest absolute Gasteiger partial charge is 0.167 e. The molecule has 1 nitrogen and oxygen atoms in total. The minimum atomic E-state index is -0.658. The maximum Gasteiger partial charge on any atom is 0.167 e. The molecular weight excluding hydrogens is 293 g/mol. The Morgan fingerprint density at radius 3 is 2.11 bits per heavy atom. The van der Waals surface area contributed by atoms with Gasteiger partial charge in [0, 0.05) is 12.0 Å². The number of rotatable bonds is 3. The van der Waals surface area contributed by atoms with Crippen LogP contribution in [0, 0.1) is 11.6 Å². The second-order valence-electron chi connectivity index (χ2n) is 3.98. The maximum absolute atomic E-state index is 13.2. The van der Waals surface area contributed by atoms with Crippen molar-refractivity contribution < 1.29 is 13.6 Å². The second kappa shape index (κ2) is 5.68. The summed E-state index contributed by atoms with van der Waals surface area (Å²) in [6.07, 6.45) is -0.0326. The zero-order valence-electron chi connectivity index (χ0n) is 9.59. The van der Waals surface area contributed by atoms with E-state index in [1.165, 1.54) is 24.3 Å². The molecule has 0 radical (unpaired) electrons. The Morgan fingerprint density at radius 1 is 0.947 bits per heavy atom. The fourth-order valence-corrected chi connectivity index (χ4v) is 1.84. The van der Waals surface area contributed by atoms with Gasteiger partial charge in [0.25, 0.3) is 0 Å². The Morgan fingerprint density at radius 2 is 1.53 bits per heavy atom. The molecule has 0 spiro atoms. The van der Waals surface area contributed by atoms with E-state index in [1.54, 1.807) is 6.07 Å². The number of carbonyl (C=O) groups is 1. The van der Waals surface area contributed by atoms with Crippen molar-refractivity contribution in [3.63, 3.8) is 0 Å². The summed E-state index contributed by atoms with van der Waals surface area (Å²) in [5, 5.41) is -0.0529. The lowest BCUT2D eigenvalue weighted by atomic mass is 10.0. The molecule has 2 aromatic rings. The molecule has 0 aliphatic carbocycles. The average Bonchev–Trinajstić information content (AvgIpc) is 2.37. The lowest BCUT2D eigenvalue weighted by Crippen LogP contribution is -2.04. The molecule has 0 unspecified atom stereocenters. The van der Waals surface area contributed by atoms with Gasteiger partial charge in [-0.25, -0.2) is 8.78 Å². The van der Waals surface area contributed by atoms with E-state index >= 15 is 0 Å². The summed E-state index contributed by atoms with van der Waals surface area (Å²) in [6.45, 7) is 0. The van der Waals surface area contributed by atoms with Crippen LogP contribution in [0.15, 0.2) is 36.4 Å². The van der Waals surface area contributed by atoms with E-state index in [1.807, 2.05) is 0 Å². The molecule has 0 saturated heterocycles. The van der Waals surface area contributed by atoms with Crippen LogP contribution < -0.4 is 0 Å². The van der Waals surface area contributed by atoms with E-state index in [-0.39, 0.29) is 27.8 Å². The van der Waals surface area contributed by atoms with Gasteiger partial charge in [0.1, 0.15) is 11.6 Å². The minimum Gasteiger partial charge on any atom is -0.294 e. The quantitative estimate of drug-likeness (QED) is 0.751. The van der Waals surface area contributed by atoms with Crippen molar-refractivity contribution in [1.82, 2.24) is 0 Å². The Labute approximate surface area is 118 Å². The zero-order chi connectivity index (χ0) is 14.0. The van der Waals surface area contributed by atoms with Crippen LogP contribution in [0.5, 0.6) is 0 Å². The van der Waals surface area contributed by atoms with Crippen molar-refractivity contribution >= 4 is 29.0 Å². The molecule has 98 valence electrons. The molecule has 0 saturated carbocycles. The van der Waals surface area contributed by atoms with Gasteiger partial charge in [0.05, 0.1) is 10.0 Å². The molecule has 0 heterocycles. The molecule has 2 rings (SSSR count). The monoisotopic (exact) mass is 300 g/mol. The van der Waals surface area contributed by atoms with Crippen molar-refractivity contribution in [2.75, 3.05) is 0 Å². The number of Topliss-reactive ketones (excluding diaryl/α,β-unsaturated/α-hetero) is 1. The third-order valence-electron chi connectivity index (χ3n) is 2.59. The van der Waals surface area contributed by atoms with Gasteiger partial charge in [-0.2, -0.15) is 0 Å². The van der Waals surface area contributed by atoms with E-state index < -0.39 is 11.6 Å². The predicted molar refractivity (Wildman–Crippen MR) is 70.9 cm³/mol. The molecule has 0 fully saturated rings. The number of hydrogen-bond donors (Lipinski definition) is 0. The summed E-state index contributed by atoms with van der Waals surface area (Å²) in [7, 11) is 0. The Hall–Kier alpha value is -1.45. The fraction of sp³-hybridized carbons (Fsp3) is 0.0714. The third-order valence-corrected chi connectivity index (χ3v) is 3.20. The summed E-state index contributed by atoms with van der Waals surface area (Å²) < 4.78 is 26.5. The largest absolute Gasteiger partial charge is 0.294 e. The highest BCUT2D eigenvalue weighted by Gasteiger charge is 2.11. The molecule has 0 amide bonds. The molecule has 2 aromatic carbocycles. The van der Waals surface area contributed by atoms with E-state index in [9.17, 15) is 13.6 Å². The SMILES string of the molecule is O=C(Cc1ccc(Cl)c(F)c1)c1ccc(Cl)c(F)c1. The molecule has 0 aromatic heterocycles. The van der Waals surface area contributed by atoms with E-state index in [0.717, 1.165) is 6.07 Å². The number of ketones is 1. The van der Waals surface area contributed by atoms with Crippen molar-refractivity contribution in [3.05, 3.63) is 69.2 Å². The van der Waals surface area contributed by atoms with Gasteiger partial charge in [-0.05, 0) is 35.9 Å². The van der Waals surface area contributed by atoms with E-state index in [0.29, 0.717) is 5.56 Å². The van der Waals surface area contributed by atoms with Gasteiger partial charge >= 0.3 is 0 Å². The Balaban J connectivity index is 2.20. The normalized spacial score (nSPS) is 10.5. The van der Waals surface area contributed by atoms with Crippen LogP contribution in [0.25, 0.3) is 0 Å². The predicted octanol–water partition coefficient (Wildman–Crippen LogP) is 4.70. The van der Waals surface area contributed by atoms with Gasteiger partial charge in [-0.15, -0.1) is 0 Å². The summed E-state index contributed by atoms with van der Waals surface area (Å²) in [5.41, 5.74) is 0.666. The zero-order valence-corrected chi connectivity index (χ0v) is 11.1. The molecule has 0 N–H and O–H groups in total. The molecule has 5 heteroatoms. The lowest BCUT2D eigenvalue weighted by molar-refractivity contribution is 0.0992. The molecule has 0 aliphatic heterocycles. The highest BCUT2D eigenvalue weighted by molar-refractivity contribution is 6.31. The topological polar surface area (TPSA) is 17.1 Å². The number of halogens is 4. The summed E-state index contributed by atoms with van der Waals surface area (Å²) >= 11 is 11.1. The molecule has 0 atom stereocenters. The van der Waals surface area contributed by atoms with Gasteiger partial charge in [-0.3, -0.25) is 4.79 Å². The number of benzene rings is 2. The van der Waals surface area contributed by atoms with Crippen molar-refractivity contribution in [2.45, 2.75) is 6.42 Å². The van der Waals surface area contributed by atoms with Crippen LogP contribution in [0.1, 0.15) is 15.9 Å². The second-order valence-corrected chi connectivity index (χ2v) is 4.79. The van der Waals surface area contributed by atoms with Gasteiger partial charge < -0.3 is 0 Å². The van der Waals surface area contributed by atoms with Crippen molar-refractivity contribution in [3.8, 4) is 0 Å². The van der Waals surface area contributed by atoms with E-state index in [2.05, 4.69) is 0 Å². The first-order valence-corrected chi connectivity index (χ1v) is 6.15. The summed E-state index contributed by atoms with van der Waals surface area (Å²) in [4.78, 5) is 11.9. The Kier molecular flexibility index (Phi) is 4.17. The van der Waals surface area contributed by atoms with Crippen molar-refractivity contribution in [1.29, 1.82) is 0 Å². The fourth-order valence-electron chi connectivity index (χ4n) is 1.61. The first kappa shape index (κ1) is 14.0. The van der Waals surface area contributed by atoms with Crippen LogP contribution in [0.2, 0.25) is 10.0 Å². The van der Waals surface area contributed by atoms with Crippen LogP contribution in [0.3, 0.4) is 0 Å². The lowest BCUT2D eigenvalue weighted by Gasteiger charge is -2.03. The van der Waals surface area contributed by atoms with Crippen LogP contribution in [-0.2, 0) is 6.42 Å². The van der Waals surface area contributed by atoms with Crippen LogP contribution >= 0.6 is 23.2 Å². The van der Waals surface area contributed by atoms with Gasteiger partial charge in [0.2, 0.25) is 0 Å². The molecule has 0 aliphatic rings. The van der Waals surface area contributed by atoms with Gasteiger partial charge in [-0.1, -0.05) is 29.3 Å². The highest BCUT2D eigenvalue weighted by Crippen LogP contribution is 2.19. The number of carbonyl (C=O) groups excluding carboxylic acids is 1. The average molecular weight is 301 g/mol. The summed E-state index contributed by atoms with van der Waals surface area (Å²) in [6, 6.07) is 7.92. The van der Waals surface area contributed by atoms with Crippen molar-refractivity contribution in [2.24, 2.45) is 0 Å². The summed E-state index contributed by atoms with van der Waals surface area (Å²) in [5.74, 6) is -1.57. The number of hydrogen-bond acceptors (Lipinski definition) is 1. The first-order valence-electron chi connectivity index (χ1n) is 5.39. The molecular formula is C14H8Cl2F2O. The van der Waals surface area contributed by atoms with Gasteiger partial charge in [0.15, 0.2) is 5.78 Å². The van der Waals surface area contributed by atoms with Crippen LogP contribution in [0.4, 0.5) is 8.78 Å². The highest BCUT2D eigenvalue weighted by atomic mass is 35.5. The van der Waals surface area contributed by atoms with E-state index in [4.69, 9.17) is 23.2 Å². The van der Waals surface area contributed by atoms with Crippen LogP contribution in [-0.4, -0.2) is 5.78 Å².